The second-order valence-corrected chi connectivity index (χ2v) is 7.05. The van der Waals surface area contributed by atoms with Gasteiger partial charge < -0.3 is 19.7 Å². The second-order valence-electron chi connectivity index (χ2n) is 7.05. The highest BCUT2D eigenvalue weighted by Gasteiger charge is 2.12. The number of nitrogens with one attached hydrogen (secondary N) is 1. The fraction of sp³-hybridized carbons (Fsp3) is 0.208. The molecular weight excluding hydrogens is 396 g/mol. The smallest absolute Gasteiger partial charge is 0.337 e. The Morgan fingerprint density at radius 1 is 1.16 bits per heavy atom. The number of nitrogens with zero attached hydrogens (tertiary/aromatic N) is 1. The summed E-state index contributed by atoms with van der Waals surface area (Å²) >= 11 is 0. The number of benzene rings is 2. The topological polar surface area (TPSA) is 102 Å². The fourth-order valence-electron chi connectivity index (χ4n) is 3.34. The summed E-state index contributed by atoms with van der Waals surface area (Å²) in [6.45, 7) is 3.82. The maximum atomic E-state index is 12.3. The van der Waals surface area contributed by atoms with Crippen molar-refractivity contribution < 1.29 is 24.0 Å². The van der Waals surface area contributed by atoms with E-state index in [1.807, 2.05) is 32.0 Å². The first-order valence-corrected chi connectivity index (χ1v) is 9.79. The quantitative estimate of drug-likeness (QED) is 0.523. The molecule has 0 saturated heterocycles. The molecule has 0 spiro atoms. The summed E-state index contributed by atoms with van der Waals surface area (Å²) < 4.78 is 10.7. The summed E-state index contributed by atoms with van der Waals surface area (Å²) in [5.41, 5.74) is 4.08. The molecule has 160 valence electrons. The van der Waals surface area contributed by atoms with Gasteiger partial charge in [0.2, 0.25) is 5.91 Å². The zero-order chi connectivity index (χ0) is 22.4. The molecular formula is C24H24N2O5. The van der Waals surface area contributed by atoms with Crippen molar-refractivity contribution in [1.82, 2.24) is 5.16 Å². The van der Waals surface area contributed by atoms with Crippen LogP contribution in [-0.4, -0.2) is 29.2 Å². The highest BCUT2D eigenvalue weighted by atomic mass is 16.5. The number of rotatable bonds is 8. The molecule has 2 N–H and O–H groups in total. The molecule has 0 unspecified atom stereocenters. The molecule has 0 saturated carbocycles. The van der Waals surface area contributed by atoms with Crippen LogP contribution in [0.4, 0.5) is 5.69 Å². The first kappa shape index (κ1) is 21.8. The zero-order valence-corrected chi connectivity index (χ0v) is 17.6. The van der Waals surface area contributed by atoms with Crippen LogP contribution >= 0.6 is 0 Å². The largest absolute Gasteiger partial charge is 0.496 e. The van der Waals surface area contributed by atoms with Crippen LogP contribution in [0.3, 0.4) is 0 Å². The van der Waals surface area contributed by atoms with E-state index in [2.05, 4.69) is 10.5 Å². The molecule has 1 aromatic heterocycles. The molecule has 0 radical (unpaired) electrons. The first-order chi connectivity index (χ1) is 14.9. The highest BCUT2D eigenvalue weighted by Crippen LogP contribution is 2.24. The average Bonchev–Trinajstić information content (AvgIpc) is 3.08. The molecule has 3 rings (SSSR count). The molecule has 0 aliphatic rings. The summed E-state index contributed by atoms with van der Waals surface area (Å²) in [7, 11) is 1.62. The lowest BCUT2D eigenvalue weighted by atomic mass is 10.0. The van der Waals surface area contributed by atoms with E-state index in [1.165, 1.54) is 12.1 Å². The molecule has 7 nitrogen and oxygen atoms in total. The number of aromatic carboxylic acids is 1. The Hall–Kier alpha value is -3.87. The Balaban J connectivity index is 1.73. The summed E-state index contributed by atoms with van der Waals surface area (Å²) in [5.74, 6) is 0.0642. The minimum atomic E-state index is -1.10. The predicted octanol–water partition coefficient (Wildman–Crippen LogP) is 4.44. The van der Waals surface area contributed by atoms with E-state index in [-0.39, 0.29) is 11.3 Å². The lowest BCUT2D eigenvalue weighted by molar-refractivity contribution is -0.111. The number of hydrogen-bond acceptors (Lipinski definition) is 5. The number of ether oxygens (including phenoxy) is 1. The normalized spacial score (nSPS) is 10.9. The number of methoxy groups -OCH3 is 1. The van der Waals surface area contributed by atoms with E-state index < -0.39 is 11.9 Å². The summed E-state index contributed by atoms with van der Waals surface area (Å²) in [6.07, 6.45) is 4.54. The van der Waals surface area contributed by atoms with Crippen LogP contribution in [0.25, 0.3) is 6.08 Å². The van der Waals surface area contributed by atoms with Crippen molar-refractivity contribution in [2.45, 2.75) is 26.7 Å². The van der Waals surface area contributed by atoms with Crippen molar-refractivity contribution in [1.29, 1.82) is 0 Å². The molecule has 1 heterocycles. The minimum Gasteiger partial charge on any atom is -0.496 e. The number of aryl methyl sites for hydroxylation is 3. The van der Waals surface area contributed by atoms with E-state index >= 15 is 0 Å². The van der Waals surface area contributed by atoms with Gasteiger partial charge in [-0.1, -0.05) is 23.4 Å². The van der Waals surface area contributed by atoms with Crippen LogP contribution in [0.1, 0.15) is 38.5 Å². The van der Waals surface area contributed by atoms with E-state index in [1.54, 1.807) is 31.4 Å². The van der Waals surface area contributed by atoms with Gasteiger partial charge >= 0.3 is 5.97 Å². The number of anilines is 1. The molecule has 2 aromatic carbocycles. The van der Waals surface area contributed by atoms with Crippen molar-refractivity contribution in [3.8, 4) is 5.75 Å². The lowest BCUT2D eigenvalue weighted by Crippen LogP contribution is -2.11. The van der Waals surface area contributed by atoms with Gasteiger partial charge in [0.25, 0.3) is 0 Å². The molecule has 0 fully saturated rings. The molecule has 7 heteroatoms. The Morgan fingerprint density at radius 3 is 2.61 bits per heavy atom. The van der Waals surface area contributed by atoms with Crippen molar-refractivity contribution in [3.05, 3.63) is 82.2 Å². The molecule has 3 aromatic rings. The molecule has 0 aliphatic heterocycles. The van der Waals surface area contributed by atoms with Crippen molar-refractivity contribution in [3.63, 3.8) is 0 Å². The fourth-order valence-corrected chi connectivity index (χ4v) is 3.34. The van der Waals surface area contributed by atoms with Crippen molar-refractivity contribution in [2.24, 2.45) is 0 Å². The van der Waals surface area contributed by atoms with E-state index in [0.717, 1.165) is 46.7 Å². The number of para-hydroxylation sites is 1. The molecule has 0 aliphatic carbocycles. The van der Waals surface area contributed by atoms with Crippen LogP contribution in [0, 0.1) is 13.8 Å². The third-order valence-electron chi connectivity index (χ3n) is 4.97. The number of carbonyl (C=O) groups is 2. The number of carboxylic acid groups (broad SMARTS) is 1. The van der Waals surface area contributed by atoms with Crippen LogP contribution in [0.15, 0.2) is 53.1 Å². The van der Waals surface area contributed by atoms with E-state index in [4.69, 9.17) is 9.26 Å². The standard InChI is InChI=1S/C24H24N2O5/c1-15-19(16(2)31-26-15)11-10-18-14-17(8-12-22(18)30-3)9-13-23(27)25-21-7-5-4-6-20(21)24(28)29/h4-9,12-14H,10-11H2,1-3H3,(H,25,27)(H,28,29)/b13-9+. The lowest BCUT2D eigenvalue weighted by Gasteiger charge is -2.10. The third-order valence-corrected chi connectivity index (χ3v) is 4.97. The van der Waals surface area contributed by atoms with Gasteiger partial charge in [0, 0.05) is 11.6 Å². The van der Waals surface area contributed by atoms with Crippen LogP contribution < -0.4 is 10.1 Å². The van der Waals surface area contributed by atoms with Crippen LogP contribution in [-0.2, 0) is 17.6 Å². The Morgan fingerprint density at radius 2 is 1.94 bits per heavy atom. The van der Waals surface area contributed by atoms with Gasteiger partial charge in [-0.25, -0.2) is 4.79 Å². The van der Waals surface area contributed by atoms with Gasteiger partial charge in [-0.05, 0) is 68.2 Å². The van der Waals surface area contributed by atoms with Gasteiger partial charge in [0.15, 0.2) is 0 Å². The number of aromatic nitrogens is 1. The van der Waals surface area contributed by atoms with Gasteiger partial charge in [0.05, 0.1) is 24.1 Å². The van der Waals surface area contributed by atoms with Gasteiger partial charge in [-0.2, -0.15) is 0 Å². The average molecular weight is 420 g/mol. The van der Waals surface area contributed by atoms with Crippen molar-refractivity contribution in [2.75, 3.05) is 12.4 Å². The van der Waals surface area contributed by atoms with Crippen molar-refractivity contribution >= 4 is 23.6 Å². The Bertz CT molecular complexity index is 1110. The molecule has 0 atom stereocenters. The van der Waals surface area contributed by atoms with Crippen LogP contribution in [0.2, 0.25) is 0 Å². The highest BCUT2D eigenvalue weighted by molar-refractivity contribution is 6.06. The molecule has 1 amide bonds. The predicted molar refractivity (Wildman–Crippen MR) is 117 cm³/mol. The number of amides is 1. The zero-order valence-electron chi connectivity index (χ0n) is 17.6. The Kier molecular flexibility index (Phi) is 6.87. The number of hydrogen-bond donors (Lipinski definition) is 2. The maximum absolute atomic E-state index is 12.3. The first-order valence-electron chi connectivity index (χ1n) is 9.79. The summed E-state index contributed by atoms with van der Waals surface area (Å²) in [4.78, 5) is 23.6. The third kappa shape index (κ3) is 5.39. The minimum absolute atomic E-state index is 0.0373. The number of carboxylic acids is 1. The summed E-state index contributed by atoms with van der Waals surface area (Å²) in [5, 5.41) is 15.8. The maximum Gasteiger partial charge on any atom is 0.337 e. The van der Waals surface area contributed by atoms with Gasteiger partial charge in [-0.3, -0.25) is 4.79 Å². The van der Waals surface area contributed by atoms with Gasteiger partial charge in [-0.15, -0.1) is 0 Å². The van der Waals surface area contributed by atoms with E-state index in [0.29, 0.717) is 0 Å². The van der Waals surface area contributed by atoms with E-state index in [9.17, 15) is 14.7 Å². The van der Waals surface area contributed by atoms with Crippen LogP contribution in [0.5, 0.6) is 5.75 Å². The summed E-state index contributed by atoms with van der Waals surface area (Å²) in [6, 6.07) is 11.9. The molecule has 0 bridgehead atoms. The number of carbonyl (C=O) groups excluding carboxylic acids is 1. The Labute approximate surface area is 180 Å². The SMILES string of the molecule is COc1ccc(/C=C/C(=O)Nc2ccccc2C(=O)O)cc1CCc1c(C)noc1C. The van der Waals surface area contributed by atoms with Gasteiger partial charge in [0.1, 0.15) is 11.5 Å². The molecule has 31 heavy (non-hydrogen) atoms. The monoisotopic (exact) mass is 420 g/mol. The second kappa shape index (κ2) is 9.75.